The van der Waals surface area contributed by atoms with Crippen LogP contribution in [0.4, 0.5) is 0 Å². The number of carbonyl (C=O) groups excluding carboxylic acids is 1. The van der Waals surface area contributed by atoms with Gasteiger partial charge in [0.05, 0.1) is 17.9 Å². The average Bonchev–Trinajstić information content (AvgIpc) is 3.41. The number of hydrogen-bond acceptors (Lipinski definition) is 7. The molecule has 0 unspecified atom stereocenters. The minimum atomic E-state index is -0.245. The molecule has 1 saturated carbocycles. The van der Waals surface area contributed by atoms with E-state index in [0.29, 0.717) is 23.1 Å². The lowest BCUT2D eigenvalue weighted by atomic mass is 10.1. The van der Waals surface area contributed by atoms with Crippen molar-refractivity contribution >= 4 is 29.9 Å². The van der Waals surface area contributed by atoms with Crippen molar-refractivity contribution in [3.05, 3.63) is 82.7 Å². The first-order valence-corrected chi connectivity index (χ1v) is 11.6. The lowest BCUT2D eigenvalue weighted by molar-refractivity contribution is -0.117. The lowest BCUT2D eigenvalue weighted by Gasteiger charge is -2.14. The van der Waals surface area contributed by atoms with Crippen LogP contribution in [0.1, 0.15) is 42.5 Å². The molecule has 1 aliphatic carbocycles. The highest BCUT2D eigenvalue weighted by atomic mass is 35.5. The van der Waals surface area contributed by atoms with Crippen molar-refractivity contribution in [2.24, 2.45) is 5.10 Å². The summed E-state index contributed by atoms with van der Waals surface area (Å²) in [5.74, 6) is 0.432. The number of amides is 1. The molecule has 0 saturated heterocycles. The molecule has 3 heterocycles. The summed E-state index contributed by atoms with van der Waals surface area (Å²) in [5.41, 5.74) is 5.04. The molecule has 0 atom stereocenters. The van der Waals surface area contributed by atoms with Crippen molar-refractivity contribution in [1.29, 1.82) is 0 Å². The van der Waals surface area contributed by atoms with E-state index in [1.807, 2.05) is 16.7 Å². The number of halogens is 1. The van der Waals surface area contributed by atoms with Gasteiger partial charge < -0.3 is 9.72 Å². The lowest BCUT2D eigenvalue weighted by Crippen LogP contribution is -2.25. The van der Waals surface area contributed by atoms with Crippen LogP contribution in [-0.2, 0) is 17.9 Å². The number of nitrogens with zero attached hydrogens (tertiary/aromatic N) is 8. The third-order valence-electron chi connectivity index (χ3n) is 5.86. The first-order valence-electron chi connectivity index (χ1n) is 11.2. The van der Waals surface area contributed by atoms with E-state index < -0.39 is 0 Å². The Bertz CT molecular complexity index is 1410. The van der Waals surface area contributed by atoms with Crippen molar-refractivity contribution < 1.29 is 4.79 Å². The summed E-state index contributed by atoms with van der Waals surface area (Å²) < 4.78 is 3.56. The average molecular weight is 490 g/mol. The fourth-order valence-electron chi connectivity index (χ4n) is 3.89. The minimum Gasteiger partial charge on any atom is -0.348 e. The number of rotatable bonds is 9. The van der Waals surface area contributed by atoms with Gasteiger partial charge in [-0.05, 0) is 71.5 Å². The number of benzene rings is 1. The van der Waals surface area contributed by atoms with Gasteiger partial charge in [-0.3, -0.25) is 9.80 Å². The Labute approximate surface area is 206 Å². The van der Waals surface area contributed by atoms with E-state index in [0.717, 1.165) is 22.6 Å². The summed E-state index contributed by atoms with van der Waals surface area (Å²) in [4.78, 5) is 17.4. The number of imidazole rings is 1. The van der Waals surface area contributed by atoms with Gasteiger partial charge in [0.25, 0.3) is 0 Å². The highest BCUT2D eigenvalue weighted by molar-refractivity contribution is 6.30. The number of nitrogens with one attached hydrogen (secondary N) is 1. The number of tetrazole rings is 1. The molecule has 11 heteroatoms. The van der Waals surface area contributed by atoms with Crippen LogP contribution in [0.15, 0.2) is 65.9 Å². The van der Waals surface area contributed by atoms with Crippen LogP contribution in [0.5, 0.6) is 0 Å². The third kappa shape index (κ3) is 5.22. The maximum Gasteiger partial charge on any atom is 0.248 e. The first kappa shape index (κ1) is 22.7. The van der Waals surface area contributed by atoms with Crippen LogP contribution in [0.3, 0.4) is 0 Å². The van der Waals surface area contributed by atoms with Gasteiger partial charge in [0, 0.05) is 42.5 Å². The number of fused-ring (bicyclic) bond motifs is 1. The monoisotopic (exact) mass is 489 g/mol. The minimum absolute atomic E-state index is 0.245. The Balaban J connectivity index is 1.25. The van der Waals surface area contributed by atoms with Gasteiger partial charge in [-0.2, -0.15) is 5.10 Å². The Hall–Kier alpha value is -4.05. The van der Waals surface area contributed by atoms with Crippen LogP contribution < -0.4 is 5.32 Å². The van der Waals surface area contributed by atoms with E-state index in [-0.39, 0.29) is 12.5 Å². The molecule has 0 aliphatic heterocycles. The van der Waals surface area contributed by atoms with Gasteiger partial charge in [0.1, 0.15) is 12.0 Å². The summed E-state index contributed by atoms with van der Waals surface area (Å²) >= 11 is 6.16. The molecule has 1 aromatic carbocycles. The van der Waals surface area contributed by atoms with Gasteiger partial charge in [0.2, 0.25) is 5.91 Å². The SMILES string of the molecule is C=NN(/C=C(\C)C(=O)NCc1cc(Cl)ccc1-n1cnnn1)Cc1cn2cc(C3CC3)ccc2n1. The second-order valence-electron chi connectivity index (χ2n) is 8.50. The molecule has 0 spiro atoms. The van der Waals surface area contributed by atoms with E-state index in [4.69, 9.17) is 11.6 Å². The third-order valence-corrected chi connectivity index (χ3v) is 6.09. The molecule has 35 heavy (non-hydrogen) atoms. The van der Waals surface area contributed by atoms with Crippen molar-refractivity contribution in [3.63, 3.8) is 0 Å². The predicted octanol–water partition coefficient (Wildman–Crippen LogP) is 3.48. The van der Waals surface area contributed by atoms with Crippen LogP contribution in [-0.4, -0.2) is 47.2 Å². The first-order chi connectivity index (χ1) is 17.0. The molecule has 1 amide bonds. The highest BCUT2D eigenvalue weighted by Crippen LogP contribution is 2.39. The van der Waals surface area contributed by atoms with Crippen molar-refractivity contribution in [3.8, 4) is 5.69 Å². The second kappa shape index (κ2) is 9.67. The molecule has 1 N–H and O–H groups in total. The molecule has 0 radical (unpaired) electrons. The Morgan fingerprint density at radius 3 is 2.91 bits per heavy atom. The maximum absolute atomic E-state index is 12.8. The van der Waals surface area contributed by atoms with Crippen molar-refractivity contribution in [2.75, 3.05) is 0 Å². The normalized spacial score (nSPS) is 13.7. The largest absolute Gasteiger partial charge is 0.348 e. The molecule has 0 bridgehead atoms. The van der Waals surface area contributed by atoms with E-state index in [1.54, 1.807) is 36.3 Å². The van der Waals surface area contributed by atoms with Gasteiger partial charge in [-0.25, -0.2) is 9.67 Å². The maximum atomic E-state index is 12.8. The number of aromatic nitrogens is 6. The van der Waals surface area contributed by atoms with Crippen molar-refractivity contribution in [1.82, 2.24) is 39.9 Å². The summed E-state index contributed by atoms with van der Waals surface area (Å²) in [6.07, 6.45) is 9.78. The van der Waals surface area contributed by atoms with E-state index in [9.17, 15) is 4.79 Å². The second-order valence-corrected chi connectivity index (χ2v) is 8.93. The van der Waals surface area contributed by atoms with E-state index in [1.165, 1.54) is 29.4 Å². The number of carbonyl (C=O) groups is 1. The zero-order chi connectivity index (χ0) is 24.4. The topological polar surface area (TPSA) is 106 Å². The molecule has 5 rings (SSSR count). The molecular weight excluding hydrogens is 466 g/mol. The molecule has 4 aromatic rings. The predicted molar refractivity (Wildman–Crippen MR) is 132 cm³/mol. The molecule has 178 valence electrons. The van der Waals surface area contributed by atoms with Crippen LogP contribution in [0, 0.1) is 0 Å². The Kier molecular flexibility index (Phi) is 6.28. The van der Waals surface area contributed by atoms with Gasteiger partial charge in [-0.15, -0.1) is 5.10 Å². The summed E-state index contributed by atoms with van der Waals surface area (Å²) in [6, 6.07) is 9.50. The van der Waals surface area contributed by atoms with E-state index in [2.05, 4.69) is 49.9 Å². The smallest absolute Gasteiger partial charge is 0.248 e. The molecule has 10 nitrogen and oxygen atoms in total. The summed E-state index contributed by atoms with van der Waals surface area (Å²) in [6.45, 7) is 6.01. The molecular formula is C24H24ClN9O. The molecule has 3 aromatic heterocycles. The molecule has 1 aliphatic rings. The number of hydrogen-bond donors (Lipinski definition) is 1. The summed E-state index contributed by atoms with van der Waals surface area (Å²) in [5, 5.41) is 20.4. The zero-order valence-electron chi connectivity index (χ0n) is 19.2. The quantitative estimate of drug-likeness (QED) is 0.219. The van der Waals surface area contributed by atoms with Crippen molar-refractivity contribution in [2.45, 2.75) is 38.8 Å². The van der Waals surface area contributed by atoms with Crippen LogP contribution in [0.2, 0.25) is 5.02 Å². The number of hydrazone groups is 1. The number of pyridine rings is 1. The fourth-order valence-corrected chi connectivity index (χ4v) is 4.08. The standard InChI is InChI=1S/C24H24ClN9O/c1-16(24(35)27-10-19-9-20(25)6-7-22(19)34-15-28-30-31-34)11-33(26-2)14-21-13-32-12-18(17-3-4-17)5-8-23(32)29-21/h5-9,11-13,15,17H,2-4,10,14H2,1H3,(H,27,35)/b16-11+. The zero-order valence-corrected chi connectivity index (χ0v) is 19.9. The fraction of sp³-hybridized carbons (Fsp3) is 0.250. The van der Waals surface area contributed by atoms with Crippen LogP contribution in [0.25, 0.3) is 11.3 Å². The van der Waals surface area contributed by atoms with Gasteiger partial charge in [-0.1, -0.05) is 17.7 Å². The Morgan fingerprint density at radius 2 is 2.17 bits per heavy atom. The van der Waals surface area contributed by atoms with Gasteiger partial charge in [0.15, 0.2) is 0 Å². The van der Waals surface area contributed by atoms with Gasteiger partial charge >= 0.3 is 0 Å². The highest BCUT2D eigenvalue weighted by Gasteiger charge is 2.23. The molecule has 1 fully saturated rings. The van der Waals surface area contributed by atoms with E-state index >= 15 is 0 Å². The Morgan fingerprint density at radius 1 is 1.31 bits per heavy atom. The summed E-state index contributed by atoms with van der Waals surface area (Å²) in [7, 11) is 0. The van der Waals surface area contributed by atoms with Crippen LogP contribution >= 0.6 is 11.6 Å².